The molecule has 0 aromatic heterocycles. The number of rotatable bonds is 6. The molecule has 0 spiro atoms. The molecule has 0 aliphatic heterocycles. The first-order valence-electron chi connectivity index (χ1n) is 3.46. The number of aliphatic hydroxyl groups excluding tert-OH is 4. The minimum absolute atomic E-state index is 0.0714. The van der Waals surface area contributed by atoms with Gasteiger partial charge < -0.3 is 25.2 Å². The van der Waals surface area contributed by atoms with E-state index in [0.29, 0.717) is 0 Å². The van der Waals surface area contributed by atoms with Gasteiger partial charge in [0.05, 0.1) is 6.61 Å². The minimum atomic E-state index is -1.93. The molecule has 6 nitrogen and oxygen atoms in total. The summed E-state index contributed by atoms with van der Waals surface area (Å²) in [5.41, 5.74) is 0. The van der Waals surface area contributed by atoms with Crippen LogP contribution in [0.1, 0.15) is 0 Å². The maximum Gasteiger partial charge on any atom is 0.182 e. The lowest BCUT2D eigenvalue weighted by molar-refractivity contribution is -0.220. The average Bonchev–Trinajstić information content (AvgIpc) is 2.17. The Bertz CT molecular complexity index is 154. The van der Waals surface area contributed by atoms with Crippen molar-refractivity contribution in [2.24, 2.45) is 0 Å². The molecule has 4 unspecified atom stereocenters. The molecule has 0 bridgehead atoms. The van der Waals surface area contributed by atoms with Crippen LogP contribution in [0.25, 0.3) is 0 Å². The van der Waals surface area contributed by atoms with Crippen LogP contribution in [0.4, 0.5) is 4.53 Å². The van der Waals surface area contributed by atoms with E-state index >= 15 is 0 Å². The first kappa shape index (κ1) is 12.4. The van der Waals surface area contributed by atoms with Crippen molar-refractivity contribution in [1.29, 1.82) is 0 Å². The zero-order chi connectivity index (χ0) is 10.4. The summed E-state index contributed by atoms with van der Waals surface area (Å²) in [6, 6.07) is 0. The standard InChI is InChI=1S/C6H11FO6/c7-13-4(2-9)6(12)5(11)3(10)1-8/h2-6,8,10-12H,1H2. The summed E-state index contributed by atoms with van der Waals surface area (Å²) in [5, 5.41) is 35.0. The SMILES string of the molecule is O=CC(OF)C(O)C(O)C(O)CO. The number of hydrogen-bond donors (Lipinski definition) is 4. The van der Waals surface area contributed by atoms with Gasteiger partial charge in [0.1, 0.15) is 18.3 Å². The van der Waals surface area contributed by atoms with Gasteiger partial charge in [-0.05, 0) is 4.53 Å². The van der Waals surface area contributed by atoms with Crippen LogP contribution in [0.2, 0.25) is 0 Å². The summed E-state index contributed by atoms with van der Waals surface area (Å²) in [6.07, 6.45) is -7.39. The summed E-state index contributed by atoms with van der Waals surface area (Å²) in [7, 11) is 0. The highest BCUT2D eigenvalue weighted by Crippen LogP contribution is 2.06. The number of aliphatic hydroxyl groups is 4. The topological polar surface area (TPSA) is 107 Å². The number of hydrogen-bond acceptors (Lipinski definition) is 6. The van der Waals surface area contributed by atoms with E-state index in [2.05, 4.69) is 4.94 Å². The van der Waals surface area contributed by atoms with Crippen molar-refractivity contribution >= 4 is 6.29 Å². The molecular formula is C6H11FO6. The molecule has 0 saturated carbocycles. The third kappa shape index (κ3) is 3.33. The number of carbonyl (C=O) groups is 1. The van der Waals surface area contributed by atoms with Gasteiger partial charge in [0.15, 0.2) is 12.4 Å². The van der Waals surface area contributed by atoms with Crippen molar-refractivity contribution in [3.63, 3.8) is 0 Å². The van der Waals surface area contributed by atoms with E-state index < -0.39 is 31.0 Å². The lowest BCUT2D eigenvalue weighted by atomic mass is 10.0. The van der Waals surface area contributed by atoms with Crippen LogP contribution in [-0.4, -0.2) is 57.7 Å². The van der Waals surface area contributed by atoms with Gasteiger partial charge in [-0.3, -0.25) is 0 Å². The highest BCUT2D eigenvalue weighted by atomic mass is 19.3. The Hall–Kier alpha value is -0.600. The maximum atomic E-state index is 11.5. The van der Waals surface area contributed by atoms with Gasteiger partial charge >= 0.3 is 0 Å². The highest BCUT2D eigenvalue weighted by Gasteiger charge is 2.32. The van der Waals surface area contributed by atoms with Crippen LogP contribution in [0.3, 0.4) is 0 Å². The maximum absolute atomic E-state index is 11.5. The van der Waals surface area contributed by atoms with Crippen LogP contribution in [0, 0.1) is 0 Å². The molecule has 0 rings (SSSR count). The first-order valence-corrected chi connectivity index (χ1v) is 3.46. The van der Waals surface area contributed by atoms with Crippen molar-refractivity contribution in [3.8, 4) is 0 Å². The molecule has 0 saturated heterocycles. The molecule has 4 N–H and O–H groups in total. The van der Waals surface area contributed by atoms with Crippen LogP contribution < -0.4 is 0 Å². The molecule has 0 amide bonds. The molecular weight excluding hydrogens is 187 g/mol. The van der Waals surface area contributed by atoms with Crippen molar-refractivity contribution < 1.29 is 34.7 Å². The van der Waals surface area contributed by atoms with E-state index in [1.807, 2.05) is 0 Å². The van der Waals surface area contributed by atoms with Gasteiger partial charge in [0.25, 0.3) is 0 Å². The monoisotopic (exact) mass is 198 g/mol. The molecule has 78 valence electrons. The summed E-state index contributed by atoms with van der Waals surface area (Å²) < 4.78 is 11.5. The quantitative estimate of drug-likeness (QED) is 0.352. The number of halogens is 1. The van der Waals surface area contributed by atoms with Crippen LogP contribution in [0.15, 0.2) is 0 Å². The van der Waals surface area contributed by atoms with Crippen molar-refractivity contribution in [2.45, 2.75) is 24.4 Å². The van der Waals surface area contributed by atoms with Gasteiger partial charge in [-0.25, -0.2) is 0 Å². The zero-order valence-electron chi connectivity index (χ0n) is 6.58. The molecule has 0 aromatic carbocycles. The Balaban J connectivity index is 4.21. The second kappa shape index (κ2) is 5.95. The number of aldehydes is 1. The van der Waals surface area contributed by atoms with E-state index in [4.69, 9.17) is 20.4 Å². The molecule has 13 heavy (non-hydrogen) atoms. The van der Waals surface area contributed by atoms with E-state index in [1.54, 1.807) is 0 Å². The number of carbonyl (C=O) groups excluding carboxylic acids is 1. The van der Waals surface area contributed by atoms with Gasteiger partial charge in [-0.2, -0.15) is 4.94 Å². The Morgan fingerprint density at radius 3 is 2.15 bits per heavy atom. The Kier molecular flexibility index (Phi) is 5.67. The summed E-state index contributed by atoms with van der Waals surface area (Å²) in [6.45, 7) is -0.823. The molecule has 0 aromatic rings. The summed E-state index contributed by atoms with van der Waals surface area (Å²) >= 11 is 0. The van der Waals surface area contributed by atoms with Crippen LogP contribution >= 0.6 is 0 Å². The van der Waals surface area contributed by atoms with E-state index in [1.165, 1.54) is 0 Å². The van der Waals surface area contributed by atoms with Crippen molar-refractivity contribution in [2.75, 3.05) is 6.61 Å². The molecule has 0 heterocycles. The predicted octanol–water partition coefficient (Wildman–Crippen LogP) is -2.47. The van der Waals surface area contributed by atoms with Crippen molar-refractivity contribution in [1.82, 2.24) is 0 Å². The summed E-state index contributed by atoms with van der Waals surface area (Å²) in [5.74, 6) is 0. The van der Waals surface area contributed by atoms with Gasteiger partial charge in [-0.1, -0.05) is 0 Å². The molecule has 7 heteroatoms. The third-order valence-electron chi connectivity index (χ3n) is 1.50. The van der Waals surface area contributed by atoms with Gasteiger partial charge in [0.2, 0.25) is 0 Å². The van der Waals surface area contributed by atoms with Crippen LogP contribution in [-0.2, 0) is 9.74 Å². The zero-order valence-corrected chi connectivity index (χ0v) is 6.58. The average molecular weight is 198 g/mol. The summed E-state index contributed by atoms with van der Waals surface area (Å²) in [4.78, 5) is 13.0. The minimum Gasteiger partial charge on any atom is -0.394 e. The Morgan fingerprint density at radius 2 is 1.85 bits per heavy atom. The van der Waals surface area contributed by atoms with Gasteiger partial charge in [0, 0.05) is 0 Å². The smallest absolute Gasteiger partial charge is 0.182 e. The van der Waals surface area contributed by atoms with E-state index in [9.17, 15) is 9.32 Å². The van der Waals surface area contributed by atoms with Crippen molar-refractivity contribution in [3.05, 3.63) is 0 Å². The second-order valence-electron chi connectivity index (χ2n) is 2.42. The fraction of sp³-hybridized carbons (Fsp3) is 0.833. The molecule has 0 aliphatic rings. The second-order valence-corrected chi connectivity index (χ2v) is 2.42. The largest absolute Gasteiger partial charge is 0.394 e. The predicted molar refractivity (Wildman–Crippen MR) is 37.2 cm³/mol. The first-order chi connectivity index (χ1) is 6.08. The molecule has 0 aliphatic carbocycles. The molecule has 0 fully saturated rings. The lowest BCUT2D eigenvalue weighted by Crippen LogP contribution is -2.46. The van der Waals surface area contributed by atoms with E-state index in [-0.39, 0.29) is 6.29 Å². The Morgan fingerprint density at radius 1 is 1.31 bits per heavy atom. The Labute approximate surface area is 73.1 Å². The fourth-order valence-corrected chi connectivity index (χ4v) is 0.684. The lowest BCUT2D eigenvalue weighted by Gasteiger charge is -2.22. The van der Waals surface area contributed by atoms with E-state index in [0.717, 1.165) is 0 Å². The third-order valence-corrected chi connectivity index (χ3v) is 1.50. The highest BCUT2D eigenvalue weighted by molar-refractivity contribution is 5.57. The normalized spacial score (nSPS) is 20.4. The van der Waals surface area contributed by atoms with Gasteiger partial charge in [-0.15, -0.1) is 0 Å². The molecule has 4 atom stereocenters. The fourth-order valence-electron chi connectivity index (χ4n) is 0.684. The van der Waals surface area contributed by atoms with Crippen LogP contribution in [0.5, 0.6) is 0 Å². The molecule has 0 radical (unpaired) electrons.